The van der Waals surface area contributed by atoms with Crippen molar-refractivity contribution in [1.29, 1.82) is 0 Å². The van der Waals surface area contributed by atoms with Gasteiger partial charge in [-0.3, -0.25) is 9.67 Å². The van der Waals surface area contributed by atoms with Crippen LogP contribution in [0.1, 0.15) is 30.9 Å². The van der Waals surface area contributed by atoms with Crippen LogP contribution in [0, 0.1) is 12.8 Å². The fourth-order valence-electron chi connectivity index (χ4n) is 2.63. The molecule has 0 saturated carbocycles. The lowest BCUT2D eigenvalue weighted by atomic mass is 9.99. The molecule has 1 aromatic carbocycles. The van der Waals surface area contributed by atoms with Gasteiger partial charge in [-0.1, -0.05) is 43.7 Å². The number of rotatable bonds is 7. The molecule has 5 nitrogen and oxygen atoms in total. The summed E-state index contributed by atoms with van der Waals surface area (Å²) in [5, 5.41) is 11.1. The molecular formula is C19H30IN5. The molecule has 0 saturated heterocycles. The third-order valence-electron chi connectivity index (χ3n) is 4.09. The molecule has 6 heteroatoms. The Labute approximate surface area is 168 Å². The minimum Gasteiger partial charge on any atom is -0.356 e. The third-order valence-corrected chi connectivity index (χ3v) is 4.09. The first-order chi connectivity index (χ1) is 11.6. The molecule has 0 aliphatic heterocycles. The highest BCUT2D eigenvalue weighted by atomic mass is 127. The normalized spacial score (nSPS) is 13.7. The standard InChI is InChI=1S/C19H29N5.HI/c1-15-7-5-8-18(11-15)17(3)13-22-19(20-4)21-12-16(2)14-24-10-6-9-23-24;/h5-11,16-17H,12-14H2,1-4H3,(H2,20,21,22);1H. The second kappa shape index (κ2) is 11.1. The van der Waals surface area contributed by atoms with Gasteiger partial charge in [0.15, 0.2) is 5.96 Å². The van der Waals surface area contributed by atoms with Gasteiger partial charge in [0.25, 0.3) is 0 Å². The summed E-state index contributed by atoms with van der Waals surface area (Å²) in [4.78, 5) is 4.31. The van der Waals surface area contributed by atoms with Gasteiger partial charge in [0.05, 0.1) is 0 Å². The van der Waals surface area contributed by atoms with Gasteiger partial charge in [0, 0.05) is 39.1 Å². The zero-order valence-electron chi connectivity index (χ0n) is 15.6. The Morgan fingerprint density at radius 3 is 2.60 bits per heavy atom. The zero-order chi connectivity index (χ0) is 17.4. The fourth-order valence-corrected chi connectivity index (χ4v) is 2.63. The molecule has 1 heterocycles. The second-order valence-electron chi connectivity index (χ2n) is 6.48. The van der Waals surface area contributed by atoms with E-state index in [4.69, 9.17) is 0 Å². The first kappa shape index (κ1) is 21.5. The molecule has 2 unspecified atom stereocenters. The van der Waals surface area contributed by atoms with Gasteiger partial charge in [-0.05, 0) is 30.4 Å². The Kier molecular flexibility index (Phi) is 9.55. The molecule has 2 rings (SSSR count). The predicted octanol–water partition coefficient (Wildman–Crippen LogP) is 3.41. The monoisotopic (exact) mass is 455 g/mol. The van der Waals surface area contributed by atoms with Crippen molar-refractivity contribution in [3.8, 4) is 0 Å². The van der Waals surface area contributed by atoms with Crippen LogP contribution in [0.15, 0.2) is 47.7 Å². The largest absolute Gasteiger partial charge is 0.356 e. The number of aryl methyl sites for hydroxylation is 1. The summed E-state index contributed by atoms with van der Waals surface area (Å²) >= 11 is 0. The smallest absolute Gasteiger partial charge is 0.191 e. The van der Waals surface area contributed by atoms with Crippen molar-refractivity contribution in [2.75, 3.05) is 20.1 Å². The van der Waals surface area contributed by atoms with Crippen molar-refractivity contribution >= 4 is 29.9 Å². The number of hydrogen-bond donors (Lipinski definition) is 2. The van der Waals surface area contributed by atoms with Crippen LogP contribution in [0.3, 0.4) is 0 Å². The van der Waals surface area contributed by atoms with Gasteiger partial charge >= 0.3 is 0 Å². The van der Waals surface area contributed by atoms with E-state index < -0.39 is 0 Å². The highest BCUT2D eigenvalue weighted by Crippen LogP contribution is 2.15. The SMILES string of the molecule is CN=C(NCC(C)Cn1cccn1)NCC(C)c1cccc(C)c1.I. The molecule has 0 aliphatic rings. The van der Waals surface area contributed by atoms with Crippen molar-refractivity contribution in [1.82, 2.24) is 20.4 Å². The Morgan fingerprint density at radius 2 is 1.96 bits per heavy atom. The number of nitrogens with zero attached hydrogens (tertiary/aromatic N) is 3. The average molecular weight is 455 g/mol. The van der Waals surface area contributed by atoms with E-state index in [0.29, 0.717) is 11.8 Å². The van der Waals surface area contributed by atoms with E-state index in [1.807, 2.05) is 30.2 Å². The summed E-state index contributed by atoms with van der Waals surface area (Å²) in [6.45, 7) is 9.18. The molecule has 0 radical (unpaired) electrons. The van der Waals surface area contributed by atoms with Gasteiger partial charge in [-0.15, -0.1) is 24.0 Å². The molecule has 1 aromatic heterocycles. The lowest BCUT2D eigenvalue weighted by Gasteiger charge is -2.18. The van der Waals surface area contributed by atoms with Crippen LogP contribution in [0.5, 0.6) is 0 Å². The first-order valence-corrected chi connectivity index (χ1v) is 8.57. The van der Waals surface area contributed by atoms with Crippen LogP contribution < -0.4 is 10.6 Å². The van der Waals surface area contributed by atoms with E-state index in [0.717, 1.165) is 25.6 Å². The van der Waals surface area contributed by atoms with Crippen LogP contribution in [-0.4, -0.2) is 35.9 Å². The molecule has 0 aliphatic carbocycles. The predicted molar refractivity (Wildman–Crippen MR) is 116 cm³/mol. The van der Waals surface area contributed by atoms with E-state index in [9.17, 15) is 0 Å². The highest BCUT2D eigenvalue weighted by molar-refractivity contribution is 14.0. The third kappa shape index (κ3) is 7.46. The van der Waals surface area contributed by atoms with E-state index in [2.05, 4.69) is 65.8 Å². The summed E-state index contributed by atoms with van der Waals surface area (Å²) < 4.78 is 1.96. The van der Waals surface area contributed by atoms with Crippen LogP contribution in [0.2, 0.25) is 0 Å². The fraction of sp³-hybridized carbons (Fsp3) is 0.474. The molecule has 2 atom stereocenters. The number of halogens is 1. The summed E-state index contributed by atoms with van der Waals surface area (Å²) in [6.07, 6.45) is 3.81. The van der Waals surface area contributed by atoms with Crippen LogP contribution in [-0.2, 0) is 6.54 Å². The first-order valence-electron chi connectivity index (χ1n) is 8.57. The maximum Gasteiger partial charge on any atom is 0.191 e. The highest BCUT2D eigenvalue weighted by Gasteiger charge is 2.08. The lowest BCUT2D eigenvalue weighted by Crippen LogP contribution is -2.41. The van der Waals surface area contributed by atoms with E-state index in [1.54, 1.807) is 0 Å². The molecular weight excluding hydrogens is 425 g/mol. The number of hydrogen-bond acceptors (Lipinski definition) is 2. The van der Waals surface area contributed by atoms with Crippen molar-refractivity contribution in [3.05, 3.63) is 53.9 Å². The second-order valence-corrected chi connectivity index (χ2v) is 6.48. The van der Waals surface area contributed by atoms with E-state index in [-0.39, 0.29) is 24.0 Å². The van der Waals surface area contributed by atoms with Gasteiger partial charge in [-0.2, -0.15) is 5.10 Å². The van der Waals surface area contributed by atoms with Gasteiger partial charge in [0.2, 0.25) is 0 Å². The Hall–Kier alpha value is -1.57. The minimum atomic E-state index is 0. The number of benzene rings is 1. The van der Waals surface area contributed by atoms with E-state index in [1.165, 1.54) is 11.1 Å². The number of guanidine groups is 1. The van der Waals surface area contributed by atoms with Crippen molar-refractivity contribution in [2.24, 2.45) is 10.9 Å². The maximum atomic E-state index is 4.31. The molecule has 25 heavy (non-hydrogen) atoms. The van der Waals surface area contributed by atoms with E-state index >= 15 is 0 Å². The van der Waals surface area contributed by atoms with Crippen molar-refractivity contribution < 1.29 is 0 Å². The number of aliphatic imine (C=N–C) groups is 1. The van der Waals surface area contributed by atoms with Crippen LogP contribution >= 0.6 is 24.0 Å². The summed E-state index contributed by atoms with van der Waals surface area (Å²) in [6, 6.07) is 10.6. The molecule has 138 valence electrons. The topological polar surface area (TPSA) is 54.2 Å². The summed E-state index contributed by atoms with van der Waals surface area (Å²) in [5.41, 5.74) is 2.65. The average Bonchev–Trinajstić information content (AvgIpc) is 3.07. The van der Waals surface area contributed by atoms with Gasteiger partial charge in [-0.25, -0.2) is 0 Å². The maximum absolute atomic E-state index is 4.31. The Balaban J connectivity index is 0.00000312. The molecule has 2 aromatic rings. The Morgan fingerprint density at radius 1 is 1.20 bits per heavy atom. The van der Waals surface area contributed by atoms with Crippen molar-refractivity contribution in [3.63, 3.8) is 0 Å². The summed E-state index contributed by atoms with van der Waals surface area (Å²) in [7, 11) is 1.81. The molecule has 0 fully saturated rings. The minimum absolute atomic E-state index is 0. The van der Waals surface area contributed by atoms with Crippen molar-refractivity contribution in [2.45, 2.75) is 33.2 Å². The molecule has 0 bridgehead atoms. The van der Waals surface area contributed by atoms with Gasteiger partial charge < -0.3 is 10.6 Å². The number of nitrogens with one attached hydrogen (secondary N) is 2. The molecule has 0 amide bonds. The quantitative estimate of drug-likeness (QED) is 0.382. The number of aromatic nitrogens is 2. The van der Waals surface area contributed by atoms with Crippen LogP contribution in [0.25, 0.3) is 0 Å². The molecule has 0 spiro atoms. The zero-order valence-corrected chi connectivity index (χ0v) is 17.9. The Bertz CT molecular complexity index is 639. The van der Waals surface area contributed by atoms with Crippen LogP contribution in [0.4, 0.5) is 0 Å². The lowest BCUT2D eigenvalue weighted by molar-refractivity contribution is 0.443. The van der Waals surface area contributed by atoms with Gasteiger partial charge in [0.1, 0.15) is 0 Å². The molecule has 2 N–H and O–H groups in total. The summed E-state index contributed by atoms with van der Waals surface area (Å²) in [5.74, 6) is 1.75.